The van der Waals surface area contributed by atoms with Gasteiger partial charge in [0.15, 0.2) is 15.7 Å². The van der Waals surface area contributed by atoms with E-state index in [0.29, 0.717) is 12.1 Å². The van der Waals surface area contributed by atoms with Crippen LogP contribution in [0, 0.1) is 0 Å². The monoisotopic (exact) mass is 809 g/mol. The fraction of sp³-hybridized carbons (Fsp3) is 0.405. The highest BCUT2D eigenvalue weighted by Gasteiger charge is 2.50. The van der Waals surface area contributed by atoms with Gasteiger partial charge in [-0.2, -0.15) is 5.01 Å². The first-order valence-electron chi connectivity index (χ1n) is 17.3. The van der Waals surface area contributed by atoms with Gasteiger partial charge in [-0.3, -0.25) is 19.8 Å². The van der Waals surface area contributed by atoms with Gasteiger partial charge in [0.25, 0.3) is 11.8 Å². The molecular formula is C37H43Cl4N5O5S. The van der Waals surface area contributed by atoms with Crippen molar-refractivity contribution in [3.05, 3.63) is 81.8 Å². The summed E-state index contributed by atoms with van der Waals surface area (Å²) in [5, 5.41) is 6.05. The third-order valence-corrected chi connectivity index (χ3v) is 11.6. The van der Waals surface area contributed by atoms with Crippen molar-refractivity contribution in [2.24, 2.45) is 5.10 Å². The largest absolute Gasteiger partial charge is 0.326 e. The van der Waals surface area contributed by atoms with E-state index in [1.807, 2.05) is 0 Å². The van der Waals surface area contributed by atoms with Gasteiger partial charge in [0.05, 0.1) is 20.6 Å². The van der Waals surface area contributed by atoms with E-state index in [-0.39, 0.29) is 37.2 Å². The quantitative estimate of drug-likeness (QED) is 0.0794. The maximum Gasteiger partial charge on any atom is 0.274 e. The van der Waals surface area contributed by atoms with Crippen LogP contribution < -0.4 is 20.8 Å². The van der Waals surface area contributed by atoms with Crippen LogP contribution in [0.25, 0.3) is 0 Å². The summed E-state index contributed by atoms with van der Waals surface area (Å²) in [6, 6.07) is 16.5. The van der Waals surface area contributed by atoms with E-state index in [1.165, 1.54) is 81.8 Å². The summed E-state index contributed by atoms with van der Waals surface area (Å²) in [6.45, 7) is 3.49. The first-order valence-corrected chi connectivity index (χ1v) is 20.4. The molecule has 0 saturated carbocycles. The summed E-state index contributed by atoms with van der Waals surface area (Å²) < 4.78 is 28.9. The minimum Gasteiger partial charge on any atom is -0.326 e. The zero-order chi connectivity index (χ0) is 37.8. The van der Waals surface area contributed by atoms with Crippen molar-refractivity contribution < 1.29 is 22.8 Å². The van der Waals surface area contributed by atoms with E-state index in [9.17, 15) is 22.8 Å². The van der Waals surface area contributed by atoms with Crippen LogP contribution in [0.5, 0.6) is 0 Å². The number of halogens is 4. The molecule has 0 aliphatic carbocycles. The number of carbonyl (C=O) groups is 3. The predicted octanol–water partition coefficient (Wildman–Crippen LogP) is 9.56. The summed E-state index contributed by atoms with van der Waals surface area (Å²) >= 11 is 25.7. The molecule has 10 nitrogen and oxygen atoms in total. The minimum absolute atomic E-state index is 0.0627. The Morgan fingerprint density at radius 3 is 2.06 bits per heavy atom. The van der Waals surface area contributed by atoms with Gasteiger partial charge in [0, 0.05) is 17.6 Å². The second kappa shape index (κ2) is 19.6. The molecule has 1 aliphatic rings. The van der Waals surface area contributed by atoms with E-state index in [0.717, 1.165) is 35.7 Å². The Kier molecular flexibility index (Phi) is 15.6. The molecule has 3 aromatic rings. The van der Waals surface area contributed by atoms with Gasteiger partial charge in [-0.25, -0.2) is 13.4 Å². The number of amidine groups is 1. The van der Waals surface area contributed by atoms with E-state index in [1.54, 1.807) is 30.3 Å². The summed E-state index contributed by atoms with van der Waals surface area (Å²) in [5.41, 5.74) is 3.12. The molecule has 3 aromatic carbocycles. The summed E-state index contributed by atoms with van der Waals surface area (Å²) in [7, 11) is -4.62. The Morgan fingerprint density at radius 1 is 0.865 bits per heavy atom. The van der Waals surface area contributed by atoms with Gasteiger partial charge < -0.3 is 5.32 Å². The lowest BCUT2D eigenvalue weighted by atomic mass is 10.1. The number of hydrazone groups is 1. The number of sulfone groups is 1. The summed E-state index contributed by atoms with van der Waals surface area (Å²) in [4.78, 5) is 39.4. The number of benzene rings is 3. The first kappa shape index (κ1) is 41.4. The highest BCUT2D eigenvalue weighted by atomic mass is 35.5. The van der Waals surface area contributed by atoms with Crippen molar-refractivity contribution in [3.63, 3.8) is 0 Å². The molecule has 0 spiro atoms. The predicted molar refractivity (Wildman–Crippen MR) is 211 cm³/mol. The number of amides is 3. The van der Waals surface area contributed by atoms with Gasteiger partial charge in [0.2, 0.25) is 11.2 Å². The number of alkyl halides is 1. The van der Waals surface area contributed by atoms with Crippen LogP contribution in [-0.2, 0) is 24.2 Å². The molecule has 0 fully saturated rings. The van der Waals surface area contributed by atoms with Gasteiger partial charge in [-0.1, -0.05) is 130 Å². The first-order chi connectivity index (χ1) is 24.8. The molecule has 0 bridgehead atoms. The molecule has 1 heterocycles. The lowest BCUT2D eigenvalue weighted by Crippen LogP contribution is -2.54. The second-order valence-corrected chi connectivity index (χ2v) is 16.4. The van der Waals surface area contributed by atoms with Crippen LogP contribution in [0.3, 0.4) is 0 Å². The lowest BCUT2D eigenvalue weighted by molar-refractivity contribution is -0.121. The fourth-order valence-electron chi connectivity index (χ4n) is 5.80. The average Bonchev–Trinajstić information content (AvgIpc) is 3.44. The van der Waals surface area contributed by atoms with E-state index in [2.05, 4.69) is 22.8 Å². The van der Waals surface area contributed by atoms with Crippen LogP contribution in [0.4, 0.5) is 17.1 Å². The molecule has 0 radical (unpaired) electrons. The van der Waals surface area contributed by atoms with Gasteiger partial charge in [-0.15, -0.1) is 16.7 Å². The number of unbranched alkanes of at least 4 members (excludes halogenated alkanes) is 9. The molecule has 0 aromatic heterocycles. The Hall–Kier alpha value is -3.35. The molecule has 2 unspecified atom stereocenters. The highest BCUT2D eigenvalue weighted by Crippen LogP contribution is 2.40. The molecule has 4 rings (SSSR count). The maximum atomic E-state index is 14.5. The van der Waals surface area contributed by atoms with E-state index >= 15 is 0 Å². The molecule has 15 heteroatoms. The fourth-order valence-corrected chi connectivity index (χ4v) is 8.61. The van der Waals surface area contributed by atoms with Gasteiger partial charge in [-0.05, 0) is 48.9 Å². The molecule has 2 N–H and O–H groups in total. The summed E-state index contributed by atoms with van der Waals surface area (Å²) in [6.07, 6.45) is 11.7. The SMILES string of the molecule is CCCCCCCCCCCCC(Cl)C(=O)NN(C1=NN(c2c(Cl)cc(Cl)cc2Cl)C(=O)C1S(=O)(=O)c1cccc(NC(C)=O)c1)c1ccccc1. The Morgan fingerprint density at radius 2 is 1.46 bits per heavy atom. The van der Waals surface area contributed by atoms with E-state index < -0.39 is 38.2 Å². The summed E-state index contributed by atoms with van der Waals surface area (Å²) in [5.74, 6) is -2.41. The van der Waals surface area contributed by atoms with Gasteiger partial charge >= 0.3 is 0 Å². The maximum absolute atomic E-state index is 14.5. The van der Waals surface area contributed by atoms with Gasteiger partial charge in [0.1, 0.15) is 11.1 Å². The molecule has 52 heavy (non-hydrogen) atoms. The standard InChI is InChI=1S/C37H43Cl4N5O5S/c1-3-4-5-6-7-8-9-10-11-15-21-30(39)36(48)44-45(28-18-13-12-14-19-28)35-34(52(50,51)29-20-16-17-27(24-29)42-25(2)47)37(49)46(43-35)33-31(40)22-26(38)23-32(33)41/h12-14,16-20,22-24,30,34H,3-11,15,21H2,1-2H3,(H,42,47)(H,44,48). The van der Waals surface area contributed by atoms with Crippen molar-refractivity contribution >= 4 is 96.9 Å². The third-order valence-electron chi connectivity index (χ3n) is 8.42. The topological polar surface area (TPSA) is 128 Å². The van der Waals surface area contributed by atoms with E-state index in [4.69, 9.17) is 46.4 Å². The van der Waals surface area contributed by atoms with Crippen LogP contribution in [0.1, 0.15) is 84.5 Å². The normalized spacial score (nSPS) is 15.0. The number of nitrogens with one attached hydrogen (secondary N) is 2. The molecule has 2 atom stereocenters. The highest BCUT2D eigenvalue weighted by molar-refractivity contribution is 7.93. The van der Waals surface area contributed by atoms with Crippen molar-refractivity contribution in [1.82, 2.24) is 5.43 Å². The third kappa shape index (κ3) is 10.9. The number of para-hydroxylation sites is 1. The number of hydrazine groups is 1. The molecular weight excluding hydrogens is 768 g/mol. The van der Waals surface area contributed by atoms with Crippen LogP contribution in [-0.4, -0.2) is 42.6 Å². The smallest absolute Gasteiger partial charge is 0.274 e. The van der Waals surface area contributed by atoms with Crippen LogP contribution in [0.2, 0.25) is 15.1 Å². The van der Waals surface area contributed by atoms with Crippen molar-refractivity contribution in [1.29, 1.82) is 0 Å². The zero-order valence-corrected chi connectivity index (χ0v) is 32.9. The van der Waals surface area contributed by atoms with Crippen LogP contribution >= 0.6 is 46.4 Å². The zero-order valence-electron chi connectivity index (χ0n) is 29.1. The van der Waals surface area contributed by atoms with Crippen molar-refractivity contribution in [2.45, 2.75) is 100.0 Å². The molecule has 3 amide bonds. The average molecular weight is 812 g/mol. The van der Waals surface area contributed by atoms with Crippen molar-refractivity contribution in [2.75, 3.05) is 15.3 Å². The van der Waals surface area contributed by atoms with Crippen LogP contribution in [0.15, 0.2) is 76.7 Å². The Bertz CT molecular complexity index is 1840. The number of anilines is 3. The Balaban J connectivity index is 1.65. The minimum atomic E-state index is -4.62. The number of hydrogen-bond acceptors (Lipinski definition) is 7. The Labute approximate surface area is 325 Å². The number of hydrogen-bond donors (Lipinski definition) is 2. The molecule has 0 saturated heterocycles. The number of carbonyl (C=O) groups excluding carboxylic acids is 3. The lowest BCUT2D eigenvalue weighted by Gasteiger charge is -2.28. The number of nitrogens with zero attached hydrogens (tertiary/aromatic N) is 3. The molecule has 280 valence electrons. The molecule has 1 aliphatic heterocycles. The number of rotatable bonds is 17. The van der Waals surface area contributed by atoms with Crippen molar-refractivity contribution in [3.8, 4) is 0 Å². The second-order valence-electron chi connectivity index (χ2n) is 12.5.